The molecular formula is C13H17ClF2N2O3. The van der Waals surface area contributed by atoms with Crippen LogP contribution in [0.1, 0.15) is 6.92 Å². The van der Waals surface area contributed by atoms with E-state index in [-0.39, 0.29) is 30.5 Å². The lowest BCUT2D eigenvalue weighted by molar-refractivity contribution is 0.0509. The average molecular weight is 323 g/mol. The number of benzene rings is 1. The van der Waals surface area contributed by atoms with Crippen molar-refractivity contribution in [3.63, 3.8) is 0 Å². The van der Waals surface area contributed by atoms with E-state index in [1.54, 1.807) is 6.92 Å². The van der Waals surface area contributed by atoms with Crippen molar-refractivity contribution in [2.75, 3.05) is 32.1 Å². The van der Waals surface area contributed by atoms with Gasteiger partial charge in [0.1, 0.15) is 5.82 Å². The summed E-state index contributed by atoms with van der Waals surface area (Å²) in [5, 5.41) is 20.3. The minimum Gasteiger partial charge on any atom is -0.396 e. The number of halogens is 3. The van der Waals surface area contributed by atoms with E-state index in [4.69, 9.17) is 11.6 Å². The average Bonchev–Trinajstić information content (AvgIpc) is 2.42. The third-order valence-electron chi connectivity index (χ3n) is 2.97. The first-order chi connectivity index (χ1) is 9.72. The van der Waals surface area contributed by atoms with E-state index in [0.717, 1.165) is 11.0 Å². The van der Waals surface area contributed by atoms with Crippen molar-refractivity contribution in [1.29, 1.82) is 0 Å². The molecule has 0 saturated carbocycles. The number of hydrogen-bond acceptors (Lipinski definition) is 3. The maximum absolute atomic E-state index is 13.6. The number of nitrogens with zero attached hydrogens (tertiary/aromatic N) is 1. The lowest BCUT2D eigenvalue weighted by Gasteiger charge is -2.30. The summed E-state index contributed by atoms with van der Waals surface area (Å²) in [4.78, 5) is 13.1. The Morgan fingerprint density at radius 1 is 1.38 bits per heavy atom. The quantitative estimate of drug-likeness (QED) is 0.777. The molecule has 0 bridgehead atoms. The number of nitrogens with one attached hydrogen (secondary N) is 1. The number of aliphatic hydroxyl groups is 2. The van der Waals surface area contributed by atoms with E-state index >= 15 is 0 Å². The van der Waals surface area contributed by atoms with Gasteiger partial charge in [0.2, 0.25) is 0 Å². The van der Waals surface area contributed by atoms with Crippen LogP contribution in [0.5, 0.6) is 0 Å². The molecule has 0 aliphatic rings. The number of amides is 2. The molecule has 0 heterocycles. The summed E-state index contributed by atoms with van der Waals surface area (Å²) in [6, 6.07) is 0.786. The number of anilines is 1. The molecule has 2 amide bonds. The Hall–Kier alpha value is -1.44. The van der Waals surface area contributed by atoms with Crippen LogP contribution in [-0.4, -0.2) is 48.0 Å². The molecule has 0 radical (unpaired) electrons. The first kappa shape index (κ1) is 17.6. The third kappa shape index (κ3) is 4.52. The zero-order valence-corrected chi connectivity index (χ0v) is 12.4. The van der Waals surface area contributed by atoms with E-state index in [1.807, 2.05) is 0 Å². The van der Waals surface area contributed by atoms with Gasteiger partial charge in [-0.3, -0.25) is 0 Å². The van der Waals surface area contributed by atoms with Gasteiger partial charge in [-0.2, -0.15) is 0 Å². The van der Waals surface area contributed by atoms with Crippen LogP contribution in [0.4, 0.5) is 19.3 Å². The topological polar surface area (TPSA) is 72.8 Å². The molecule has 3 N–H and O–H groups in total. The maximum Gasteiger partial charge on any atom is 0.321 e. The van der Waals surface area contributed by atoms with Crippen LogP contribution in [0.2, 0.25) is 5.02 Å². The summed E-state index contributed by atoms with van der Waals surface area (Å²) in [5.41, 5.74) is -1.22. The molecular weight excluding hydrogens is 306 g/mol. The van der Waals surface area contributed by atoms with E-state index in [1.165, 1.54) is 7.05 Å². The SMILES string of the molecule is CN(CC(C)(CO)CO)C(=O)Nc1c(F)cc(F)cc1Cl. The van der Waals surface area contributed by atoms with Gasteiger partial charge in [0.25, 0.3) is 0 Å². The summed E-state index contributed by atoms with van der Waals surface area (Å²) < 4.78 is 26.5. The first-order valence-corrected chi connectivity index (χ1v) is 6.48. The van der Waals surface area contributed by atoms with Crippen molar-refractivity contribution in [3.8, 4) is 0 Å². The Bertz CT molecular complexity index is 501. The molecule has 0 unspecified atom stereocenters. The molecule has 8 heteroatoms. The highest BCUT2D eigenvalue weighted by molar-refractivity contribution is 6.33. The fourth-order valence-corrected chi connectivity index (χ4v) is 1.90. The smallest absolute Gasteiger partial charge is 0.321 e. The maximum atomic E-state index is 13.6. The third-order valence-corrected chi connectivity index (χ3v) is 3.27. The van der Waals surface area contributed by atoms with Crippen molar-refractivity contribution in [2.45, 2.75) is 6.92 Å². The van der Waals surface area contributed by atoms with Gasteiger partial charge in [0.15, 0.2) is 5.82 Å². The van der Waals surface area contributed by atoms with Crippen molar-refractivity contribution in [2.24, 2.45) is 5.41 Å². The Morgan fingerprint density at radius 3 is 2.43 bits per heavy atom. The second kappa shape index (κ2) is 7.02. The second-order valence-electron chi connectivity index (χ2n) is 5.16. The van der Waals surface area contributed by atoms with E-state index < -0.39 is 23.1 Å². The van der Waals surface area contributed by atoms with Crippen LogP contribution < -0.4 is 5.32 Å². The molecule has 0 saturated heterocycles. The molecule has 0 aliphatic heterocycles. The van der Waals surface area contributed by atoms with Gasteiger partial charge >= 0.3 is 6.03 Å². The Labute approximate surface area is 126 Å². The summed E-state index contributed by atoms with van der Waals surface area (Å²) in [6.45, 7) is 0.966. The van der Waals surface area contributed by atoms with Crippen LogP contribution in [-0.2, 0) is 0 Å². The molecule has 0 fully saturated rings. The number of carbonyl (C=O) groups is 1. The molecule has 118 valence electrons. The van der Waals surface area contributed by atoms with E-state index in [2.05, 4.69) is 5.32 Å². The predicted octanol–water partition coefficient (Wildman–Crippen LogP) is 2.07. The molecule has 1 rings (SSSR count). The Balaban J connectivity index is 2.82. The van der Waals surface area contributed by atoms with Gasteiger partial charge in [-0.1, -0.05) is 18.5 Å². The molecule has 5 nitrogen and oxygen atoms in total. The first-order valence-electron chi connectivity index (χ1n) is 6.11. The minimum atomic E-state index is -0.992. The summed E-state index contributed by atoms with van der Waals surface area (Å²) in [7, 11) is 1.41. The van der Waals surface area contributed by atoms with Gasteiger partial charge in [-0.25, -0.2) is 13.6 Å². The van der Waals surface area contributed by atoms with Crippen molar-refractivity contribution >= 4 is 23.3 Å². The van der Waals surface area contributed by atoms with Gasteiger partial charge in [0, 0.05) is 25.1 Å². The zero-order chi connectivity index (χ0) is 16.2. The molecule has 1 aromatic rings. The Morgan fingerprint density at radius 2 is 1.95 bits per heavy atom. The van der Waals surface area contributed by atoms with Crippen molar-refractivity contribution in [3.05, 3.63) is 28.8 Å². The standard InChI is InChI=1S/C13H17ClF2N2O3/c1-13(6-19,7-20)5-18(2)12(21)17-11-9(14)3-8(15)4-10(11)16/h3-4,19-20H,5-7H2,1-2H3,(H,17,21). The predicted molar refractivity (Wildman–Crippen MR) is 75.3 cm³/mol. The molecule has 21 heavy (non-hydrogen) atoms. The van der Waals surface area contributed by atoms with Crippen molar-refractivity contribution in [1.82, 2.24) is 4.90 Å². The fraction of sp³-hybridized carbons (Fsp3) is 0.462. The summed E-state index contributed by atoms with van der Waals surface area (Å²) in [6.07, 6.45) is 0. The highest BCUT2D eigenvalue weighted by atomic mass is 35.5. The molecule has 0 aromatic heterocycles. The number of urea groups is 1. The highest BCUT2D eigenvalue weighted by Gasteiger charge is 2.27. The van der Waals surface area contributed by atoms with Crippen LogP contribution in [0.25, 0.3) is 0 Å². The van der Waals surface area contributed by atoms with E-state index in [0.29, 0.717) is 6.07 Å². The van der Waals surface area contributed by atoms with E-state index in [9.17, 15) is 23.8 Å². The number of carbonyl (C=O) groups excluding carboxylic acids is 1. The van der Waals surface area contributed by atoms with Crippen LogP contribution >= 0.6 is 11.6 Å². The summed E-state index contributed by atoms with van der Waals surface area (Å²) in [5.74, 6) is -1.84. The van der Waals surface area contributed by atoms with Crippen LogP contribution in [0, 0.1) is 17.0 Å². The van der Waals surface area contributed by atoms with Gasteiger partial charge in [-0.15, -0.1) is 0 Å². The lowest BCUT2D eigenvalue weighted by atomic mass is 9.92. The highest BCUT2D eigenvalue weighted by Crippen LogP contribution is 2.27. The minimum absolute atomic E-state index is 0.0340. The fourth-order valence-electron chi connectivity index (χ4n) is 1.66. The summed E-state index contributed by atoms with van der Waals surface area (Å²) >= 11 is 5.68. The van der Waals surface area contributed by atoms with Gasteiger partial charge in [0.05, 0.1) is 23.9 Å². The Kier molecular flexibility index (Phi) is 5.88. The van der Waals surface area contributed by atoms with Crippen LogP contribution in [0.3, 0.4) is 0 Å². The largest absolute Gasteiger partial charge is 0.396 e. The van der Waals surface area contributed by atoms with Crippen LogP contribution in [0.15, 0.2) is 12.1 Å². The van der Waals surface area contributed by atoms with Gasteiger partial charge in [-0.05, 0) is 6.07 Å². The lowest BCUT2D eigenvalue weighted by Crippen LogP contribution is -2.43. The molecule has 0 atom stereocenters. The number of aliphatic hydroxyl groups excluding tert-OH is 2. The monoisotopic (exact) mass is 322 g/mol. The number of rotatable bonds is 5. The molecule has 0 aliphatic carbocycles. The van der Waals surface area contributed by atoms with Crippen molar-refractivity contribution < 1.29 is 23.8 Å². The normalized spacial score (nSPS) is 11.4. The molecule has 1 aromatic carbocycles. The zero-order valence-electron chi connectivity index (χ0n) is 11.7. The van der Waals surface area contributed by atoms with Gasteiger partial charge < -0.3 is 20.4 Å². The number of hydrogen-bond donors (Lipinski definition) is 3. The second-order valence-corrected chi connectivity index (χ2v) is 5.56. The molecule has 0 spiro atoms.